The molecule has 3 aromatic rings. The van der Waals surface area contributed by atoms with Crippen molar-refractivity contribution < 1.29 is 4.79 Å². The van der Waals surface area contributed by atoms with Crippen LogP contribution in [0.5, 0.6) is 0 Å². The summed E-state index contributed by atoms with van der Waals surface area (Å²) in [7, 11) is 0. The third-order valence-corrected chi connectivity index (χ3v) is 6.13. The van der Waals surface area contributed by atoms with Crippen LogP contribution in [0.15, 0.2) is 35.5 Å². The van der Waals surface area contributed by atoms with E-state index in [0.29, 0.717) is 6.42 Å². The molecular weight excluding hydrogens is 388 g/mol. The van der Waals surface area contributed by atoms with Gasteiger partial charge in [0.1, 0.15) is 5.01 Å². The molecular formula is C18H23ClN4OS2. The molecule has 3 aromatic heterocycles. The number of thiazole rings is 1. The third-order valence-electron chi connectivity index (χ3n) is 4.21. The Morgan fingerprint density at radius 1 is 1.38 bits per heavy atom. The minimum atomic E-state index is -0.0884. The van der Waals surface area contributed by atoms with Crippen molar-refractivity contribution >= 4 is 41.0 Å². The second-order valence-electron chi connectivity index (χ2n) is 6.21. The Bertz CT molecular complexity index is 795. The van der Waals surface area contributed by atoms with Crippen LogP contribution in [0.4, 0.5) is 0 Å². The summed E-state index contributed by atoms with van der Waals surface area (Å²) in [5, 5.41) is 8.35. The zero-order chi connectivity index (χ0) is 17.8. The highest BCUT2D eigenvalue weighted by Gasteiger charge is 2.21. The van der Waals surface area contributed by atoms with Crippen LogP contribution in [0.3, 0.4) is 0 Å². The SMILES string of the molecule is Cc1nc(C(Cc2ccsc2)NC(=O)CC(C)n2ccnc2)sc1C.Cl. The number of imidazole rings is 1. The molecule has 0 spiro atoms. The molecule has 0 fully saturated rings. The van der Waals surface area contributed by atoms with Gasteiger partial charge in [-0.05, 0) is 43.2 Å². The van der Waals surface area contributed by atoms with Crippen molar-refractivity contribution in [1.82, 2.24) is 19.9 Å². The average molecular weight is 411 g/mol. The molecule has 3 heterocycles. The number of hydrogen-bond acceptors (Lipinski definition) is 5. The van der Waals surface area contributed by atoms with E-state index in [0.717, 1.165) is 17.1 Å². The van der Waals surface area contributed by atoms with Crippen LogP contribution >= 0.6 is 35.1 Å². The van der Waals surface area contributed by atoms with Gasteiger partial charge in [0.15, 0.2) is 0 Å². The third kappa shape index (κ3) is 5.16. The lowest BCUT2D eigenvalue weighted by Gasteiger charge is -2.18. The summed E-state index contributed by atoms with van der Waals surface area (Å²) in [6.07, 6.45) is 6.54. The smallest absolute Gasteiger partial charge is 0.222 e. The number of carbonyl (C=O) groups is 1. The molecule has 0 radical (unpaired) electrons. The molecule has 0 saturated heterocycles. The normalized spacial score (nSPS) is 13.0. The van der Waals surface area contributed by atoms with Gasteiger partial charge in [-0.15, -0.1) is 23.7 Å². The van der Waals surface area contributed by atoms with Crippen molar-refractivity contribution in [2.75, 3.05) is 0 Å². The van der Waals surface area contributed by atoms with Gasteiger partial charge >= 0.3 is 0 Å². The maximum absolute atomic E-state index is 12.6. The summed E-state index contributed by atoms with van der Waals surface area (Å²) in [6.45, 7) is 6.11. The predicted octanol–water partition coefficient (Wildman–Crippen LogP) is 4.49. The van der Waals surface area contributed by atoms with Crippen molar-refractivity contribution in [3.05, 3.63) is 56.7 Å². The summed E-state index contributed by atoms with van der Waals surface area (Å²) in [5.41, 5.74) is 2.26. The first kappa shape index (κ1) is 20.6. The first-order valence-electron chi connectivity index (χ1n) is 8.24. The molecule has 0 aromatic carbocycles. The molecule has 2 unspecified atom stereocenters. The number of thiophene rings is 1. The maximum atomic E-state index is 12.6. The van der Waals surface area contributed by atoms with Gasteiger partial charge in [-0.3, -0.25) is 4.79 Å². The molecule has 5 nitrogen and oxygen atoms in total. The summed E-state index contributed by atoms with van der Waals surface area (Å²) >= 11 is 3.34. The van der Waals surface area contributed by atoms with E-state index >= 15 is 0 Å². The Kier molecular flexibility index (Phi) is 7.37. The van der Waals surface area contributed by atoms with Gasteiger partial charge in [0.25, 0.3) is 0 Å². The number of halogens is 1. The lowest BCUT2D eigenvalue weighted by atomic mass is 10.1. The van der Waals surface area contributed by atoms with Gasteiger partial charge < -0.3 is 9.88 Å². The van der Waals surface area contributed by atoms with Crippen molar-refractivity contribution in [3.63, 3.8) is 0 Å². The summed E-state index contributed by atoms with van der Waals surface area (Å²) < 4.78 is 1.95. The quantitative estimate of drug-likeness (QED) is 0.624. The van der Waals surface area contributed by atoms with E-state index in [2.05, 4.69) is 39.0 Å². The maximum Gasteiger partial charge on any atom is 0.222 e. The Hall–Kier alpha value is -1.70. The Morgan fingerprint density at radius 2 is 2.19 bits per heavy atom. The van der Waals surface area contributed by atoms with Crippen LogP contribution in [-0.4, -0.2) is 20.4 Å². The molecule has 0 bridgehead atoms. The predicted molar refractivity (Wildman–Crippen MR) is 109 cm³/mol. The highest BCUT2D eigenvalue weighted by Crippen LogP contribution is 2.26. The topological polar surface area (TPSA) is 59.8 Å². The van der Waals surface area contributed by atoms with Gasteiger partial charge in [-0.25, -0.2) is 9.97 Å². The van der Waals surface area contributed by atoms with Crippen LogP contribution in [-0.2, 0) is 11.2 Å². The number of nitrogens with zero attached hydrogens (tertiary/aromatic N) is 3. The lowest BCUT2D eigenvalue weighted by molar-refractivity contribution is -0.122. The number of nitrogens with one attached hydrogen (secondary N) is 1. The highest BCUT2D eigenvalue weighted by molar-refractivity contribution is 7.11. The minimum absolute atomic E-state index is 0. The van der Waals surface area contributed by atoms with Crippen LogP contribution in [0.1, 0.15) is 46.6 Å². The summed E-state index contributed by atoms with van der Waals surface area (Å²) in [6, 6.07) is 2.09. The van der Waals surface area contributed by atoms with Crippen molar-refractivity contribution in [2.45, 2.75) is 45.7 Å². The van der Waals surface area contributed by atoms with Gasteiger partial charge in [-0.2, -0.15) is 11.3 Å². The second-order valence-corrected chi connectivity index (χ2v) is 8.23. The van der Waals surface area contributed by atoms with Crippen LogP contribution in [0.25, 0.3) is 0 Å². The lowest BCUT2D eigenvalue weighted by Crippen LogP contribution is -2.31. The summed E-state index contributed by atoms with van der Waals surface area (Å²) in [4.78, 5) is 22.5. The number of amides is 1. The zero-order valence-electron chi connectivity index (χ0n) is 15.0. The Morgan fingerprint density at radius 3 is 2.77 bits per heavy atom. The van der Waals surface area contributed by atoms with Crippen molar-refractivity contribution in [2.24, 2.45) is 0 Å². The summed E-state index contributed by atoms with van der Waals surface area (Å²) in [5.74, 6) is 0.0342. The Balaban J connectivity index is 0.00000243. The van der Waals surface area contributed by atoms with Gasteiger partial charge in [-0.1, -0.05) is 0 Å². The molecule has 3 rings (SSSR count). The molecule has 0 aliphatic carbocycles. The van der Waals surface area contributed by atoms with Gasteiger partial charge in [0, 0.05) is 36.2 Å². The first-order valence-corrected chi connectivity index (χ1v) is 10.0. The van der Waals surface area contributed by atoms with E-state index in [9.17, 15) is 4.79 Å². The zero-order valence-corrected chi connectivity index (χ0v) is 17.5. The molecule has 0 saturated carbocycles. The van der Waals surface area contributed by atoms with E-state index in [-0.39, 0.29) is 30.4 Å². The molecule has 8 heteroatoms. The number of aromatic nitrogens is 3. The molecule has 1 amide bonds. The molecule has 0 aliphatic rings. The fourth-order valence-electron chi connectivity index (χ4n) is 2.65. The number of carbonyl (C=O) groups excluding carboxylic acids is 1. The molecule has 1 N–H and O–H groups in total. The van der Waals surface area contributed by atoms with E-state index in [1.807, 2.05) is 24.6 Å². The van der Waals surface area contributed by atoms with Crippen LogP contribution in [0.2, 0.25) is 0 Å². The first-order chi connectivity index (χ1) is 12.0. The van der Waals surface area contributed by atoms with Crippen molar-refractivity contribution in [3.8, 4) is 0 Å². The van der Waals surface area contributed by atoms with Gasteiger partial charge in [0.2, 0.25) is 5.91 Å². The highest BCUT2D eigenvalue weighted by atomic mass is 35.5. The Labute approximate surface area is 167 Å². The van der Waals surface area contributed by atoms with Crippen molar-refractivity contribution in [1.29, 1.82) is 0 Å². The van der Waals surface area contributed by atoms with Gasteiger partial charge in [0.05, 0.1) is 18.1 Å². The van der Waals surface area contributed by atoms with Crippen LogP contribution < -0.4 is 5.32 Å². The number of aryl methyl sites for hydroxylation is 2. The molecule has 2 atom stereocenters. The fourth-order valence-corrected chi connectivity index (χ4v) is 4.30. The molecule has 0 aliphatic heterocycles. The monoisotopic (exact) mass is 410 g/mol. The van der Waals surface area contributed by atoms with E-state index in [1.54, 1.807) is 35.2 Å². The molecule has 26 heavy (non-hydrogen) atoms. The molecule has 140 valence electrons. The van der Waals surface area contributed by atoms with E-state index in [4.69, 9.17) is 0 Å². The number of rotatable bonds is 7. The fraction of sp³-hybridized carbons (Fsp3) is 0.389. The average Bonchev–Trinajstić information content (AvgIpc) is 3.30. The van der Waals surface area contributed by atoms with E-state index in [1.165, 1.54) is 10.4 Å². The minimum Gasteiger partial charge on any atom is -0.346 e. The standard InChI is InChI=1S/C18H22N4OS2.ClH/c1-12(22-6-5-19-11-22)8-17(23)21-16(9-15-4-7-24-10-15)18-20-13(2)14(3)25-18;/h4-7,10-12,16H,8-9H2,1-3H3,(H,21,23);1H. The largest absolute Gasteiger partial charge is 0.346 e. The van der Waals surface area contributed by atoms with E-state index < -0.39 is 0 Å². The van der Waals surface area contributed by atoms with Crippen LogP contribution in [0, 0.1) is 13.8 Å². The second kappa shape index (κ2) is 9.30. The number of hydrogen-bond donors (Lipinski definition) is 1.